The Bertz CT molecular complexity index is 565. The lowest BCUT2D eigenvalue weighted by Gasteiger charge is -2.13. The first-order chi connectivity index (χ1) is 8.52. The second-order valence-corrected chi connectivity index (χ2v) is 4.79. The lowest BCUT2D eigenvalue weighted by molar-refractivity contribution is 0.628. The molecule has 18 heavy (non-hydrogen) atoms. The fourth-order valence-electron chi connectivity index (χ4n) is 2.49. The summed E-state index contributed by atoms with van der Waals surface area (Å²) in [6.07, 6.45) is 0. The molecular formula is C16H18FN. The summed E-state index contributed by atoms with van der Waals surface area (Å²) in [4.78, 5) is 0. The van der Waals surface area contributed by atoms with Gasteiger partial charge in [-0.25, -0.2) is 4.39 Å². The SMILES string of the molecule is Cc1cc(C)c(-c2ccc(CN)cc2F)c(C)c1. The molecule has 0 saturated carbocycles. The third kappa shape index (κ3) is 2.29. The maximum absolute atomic E-state index is 14.1. The van der Waals surface area contributed by atoms with Gasteiger partial charge in [-0.2, -0.15) is 0 Å². The molecule has 1 nitrogen and oxygen atoms in total. The average molecular weight is 243 g/mol. The molecule has 0 aliphatic rings. The molecule has 0 heterocycles. The molecule has 2 aromatic rings. The maximum Gasteiger partial charge on any atom is 0.131 e. The first kappa shape index (κ1) is 12.8. The summed E-state index contributed by atoms with van der Waals surface area (Å²) in [7, 11) is 0. The zero-order valence-electron chi connectivity index (χ0n) is 11.0. The van der Waals surface area contributed by atoms with Crippen molar-refractivity contribution in [3.05, 3.63) is 58.4 Å². The van der Waals surface area contributed by atoms with Crippen LogP contribution in [0.3, 0.4) is 0 Å². The molecule has 0 radical (unpaired) electrons. The molecular weight excluding hydrogens is 225 g/mol. The monoisotopic (exact) mass is 243 g/mol. The minimum absolute atomic E-state index is 0.201. The van der Waals surface area contributed by atoms with Crippen LogP contribution in [-0.2, 0) is 6.54 Å². The second kappa shape index (κ2) is 4.91. The van der Waals surface area contributed by atoms with Crippen molar-refractivity contribution in [1.29, 1.82) is 0 Å². The Kier molecular flexibility index (Phi) is 3.48. The highest BCUT2D eigenvalue weighted by Crippen LogP contribution is 2.30. The van der Waals surface area contributed by atoms with E-state index in [2.05, 4.69) is 19.1 Å². The molecule has 0 bridgehead atoms. The Morgan fingerprint density at radius 1 is 1.00 bits per heavy atom. The Hall–Kier alpha value is -1.67. The largest absolute Gasteiger partial charge is 0.326 e. The van der Waals surface area contributed by atoms with E-state index in [0.717, 1.165) is 22.3 Å². The van der Waals surface area contributed by atoms with Gasteiger partial charge >= 0.3 is 0 Å². The van der Waals surface area contributed by atoms with E-state index in [1.54, 1.807) is 0 Å². The van der Waals surface area contributed by atoms with Crippen molar-refractivity contribution < 1.29 is 4.39 Å². The van der Waals surface area contributed by atoms with E-state index >= 15 is 0 Å². The van der Waals surface area contributed by atoms with Crippen LogP contribution in [-0.4, -0.2) is 0 Å². The zero-order valence-corrected chi connectivity index (χ0v) is 11.0. The summed E-state index contributed by atoms with van der Waals surface area (Å²) >= 11 is 0. The van der Waals surface area contributed by atoms with Crippen LogP contribution in [0.25, 0.3) is 11.1 Å². The van der Waals surface area contributed by atoms with Crippen molar-refractivity contribution in [2.75, 3.05) is 0 Å². The van der Waals surface area contributed by atoms with Crippen LogP contribution in [0.1, 0.15) is 22.3 Å². The number of nitrogens with two attached hydrogens (primary N) is 1. The van der Waals surface area contributed by atoms with E-state index in [9.17, 15) is 4.39 Å². The number of halogens is 1. The van der Waals surface area contributed by atoms with E-state index in [1.165, 1.54) is 11.6 Å². The summed E-state index contributed by atoms with van der Waals surface area (Å²) < 4.78 is 14.1. The van der Waals surface area contributed by atoms with Crippen LogP contribution in [0.2, 0.25) is 0 Å². The molecule has 0 atom stereocenters. The molecule has 0 aromatic heterocycles. The Morgan fingerprint density at radius 2 is 1.61 bits per heavy atom. The molecule has 0 aliphatic carbocycles. The maximum atomic E-state index is 14.1. The molecule has 2 rings (SSSR count). The third-order valence-corrected chi connectivity index (χ3v) is 3.22. The Labute approximate surface area is 107 Å². The molecule has 0 amide bonds. The Morgan fingerprint density at radius 3 is 2.11 bits per heavy atom. The topological polar surface area (TPSA) is 26.0 Å². The molecule has 0 fully saturated rings. The van der Waals surface area contributed by atoms with Crippen LogP contribution in [0.4, 0.5) is 4.39 Å². The van der Waals surface area contributed by atoms with Gasteiger partial charge in [-0.1, -0.05) is 29.8 Å². The smallest absolute Gasteiger partial charge is 0.131 e. The molecule has 94 valence electrons. The Balaban J connectivity index is 2.62. The summed E-state index contributed by atoms with van der Waals surface area (Å²) in [5.41, 5.74) is 11.4. The minimum atomic E-state index is -0.201. The number of rotatable bonds is 2. The van der Waals surface area contributed by atoms with Crippen molar-refractivity contribution in [3.63, 3.8) is 0 Å². The van der Waals surface area contributed by atoms with Gasteiger partial charge in [-0.15, -0.1) is 0 Å². The standard InChI is InChI=1S/C16H18FN/c1-10-6-11(2)16(12(3)7-10)14-5-4-13(9-18)8-15(14)17/h4-8H,9,18H2,1-3H3. The lowest BCUT2D eigenvalue weighted by atomic mass is 9.93. The van der Waals surface area contributed by atoms with E-state index in [1.807, 2.05) is 26.0 Å². The van der Waals surface area contributed by atoms with Crippen molar-refractivity contribution in [3.8, 4) is 11.1 Å². The van der Waals surface area contributed by atoms with Crippen LogP contribution < -0.4 is 5.73 Å². The molecule has 0 aliphatic heterocycles. The second-order valence-electron chi connectivity index (χ2n) is 4.79. The van der Waals surface area contributed by atoms with Crippen molar-refractivity contribution in [2.24, 2.45) is 5.73 Å². The fraction of sp³-hybridized carbons (Fsp3) is 0.250. The van der Waals surface area contributed by atoms with Gasteiger partial charge in [-0.05, 0) is 49.1 Å². The van der Waals surface area contributed by atoms with Crippen LogP contribution in [0, 0.1) is 26.6 Å². The molecule has 0 spiro atoms. The normalized spacial score (nSPS) is 10.7. The highest BCUT2D eigenvalue weighted by Gasteiger charge is 2.11. The molecule has 2 heteroatoms. The first-order valence-electron chi connectivity index (χ1n) is 6.09. The highest BCUT2D eigenvalue weighted by atomic mass is 19.1. The van der Waals surface area contributed by atoms with Gasteiger partial charge in [0.1, 0.15) is 5.82 Å². The van der Waals surface area contributed by atoms with Crippen LogP contribution >= 0.6 is 0 Å². The van der Waals surface area contributed by atoms with Gasteiger partial charge in [-0.3, -0.25) is 0 Å². The first-order valence-corrected chi connectivity index (χ1v) is 6.09. The summed E-state index contributed by atoms with van der Waals surface area (Å²) in [6.45, 7) is 6.46. The quantitative estimate of drug-likeness (QED) is 0.851. The molecule has 0 saturated heterocycles. The van der Waals surface area contributed by atoms with E-state index < -0.39 is 0 Å². The van der Waals surface area contributed by atoms with Gasteiger partial charge in [0.2, 0.25) is 0 Å². The van der Waals surface area contributed by atoms with Gasteiger partial charge in [0.25, 0.3) is 0 Å². The highest BCUT2D eigenvalue weighted by molar-refractivity contribution is 5.72. The fourth-order valence-corrected chi connectivity index (χ4v) is 2.49. The van der Waals surface area contributed by atoms with E-state index in [0.29, 0.717) is 12.1 Å². The van der Waals surface area contributed by atoms with E-state index in [4.69, 9.17) is 5.73 Å². The zero-order chi connectivity index (χ0) is 13.3. The lowest BCUT2D eigenvalue weighted by Crippen LogP contribution is -1.98. The van der Waals surface area contributed by atoms with Gasteiger partial charge in [0.05, 0.1) is 0 Å². The van der Waals surface area contributed by atoms with E-state index in [-0.39, 0.29) is 5.82 Å². The summed E-state index contributed by atoms with van der Waals surface area (Å²) in [5, 5.41) is 0. The predicted octanol–water partition coefficient (Wildman–Crippen LogP) is 3.88. The molecule has 2 N–H and O–H groups in total. The van der Waals surface area contributed by atoms with Crippen molar-refractivity contribution >= 4 is 0 Å². The average Bonchev–Trinajstić information content (AvgIpc) is 2.29. The van der Waals surface area contributed by atoms with Crippen molar-refractivity contribution in [2.45, 2.75) is 27.3 Å². The van der Waals surface area contributed by atoms with Gasteiger partial charge < -0.3 is 5.73 Å². The number of hydrogen-bond acceptors (Lipinski definition) is 1. The summed E-state index contributed by atoms with van der Waals surface area (Å²) in [6, 6.07) is 9.39. The minimum Gasteiger partial charge on any atom is -0.326 e. The van der Waals surface area contributed by atoms with Crippen LogP contribution in [0.5, 0.6) is 0 Å². The van der Waals surface area contributed by atoms with Crippen molar-refractivity contribution in [1.82, 2.24) is 0 Å². The van der Waals surface area contributed by atoms with Crippen LogP contribution in [0.15, 0.2) is 30.3 Å². The molecule has 0 unspecified atom stereocenters. The third-order valence-electron chi connectivity index (χ3n) is 3.22. The van der Waals surface area contributed by atoms with Gasteiger partial charge in [0, 0.05) is 12.1 Å². The number of benzene rings is 2. The summed E-state index contributed by atoms with van der Waals surface area (Å²) in [5.74, 6) is -0.201. The van der Waals surface area contributed by atoms with Gasteiger partial charge in [0.15, 0.2) is 0 Å². The number of hydrogen-bond donors (Lipinski definition) is 1. The number of aryl methyl sites for hydroxylation is 3. The molecule has 2 aromatic carbocycles. The predicted molar refractivity (Wildman–Crippen MR) is 73.9 cm³/mol.